The van der Waals surface area contributed by atoms with Gasteiger partial charge in [-0.2, -0.15) is 11.8 Å². The molecule has 0 radical (unpaired) electrons. The van der Waals surface area contributed by atoms with Gasteiger partial charge in [-0.05, 0) is 24.5 Å². The molecule has 66 valence electrons. The summed E-state index contributed by atoms with van der Waals surface area (Å²) in [6.45, 7) is 6.99. The zero-order valence-electron chi connectivity index (χ0n) is 8.02. The second kappa shape index (κ2) is 3.84. The van der Waals surface area contributed by atoms with Crippen LogP contribution in [0.25, 0.3) is 0 Å². The van der Waals surface area contributed by atoms with Crippen LogP contribution in [0.15, 0.2) is 0 Å². The Morgan fingerprint density at radius 1 is 1.27 bits per heavy atom. The minimum Gasteiger partial charge on any atom is -0.152 e. The lowest BCUT2D eigenvalue weighted by molar-refractivity contribution is 0.585. The molecule has 0 nitrogen and oxygen atoms in total. The van der Waals surface area contributed by atoms with Crippen molar-refractivity contribution in [3.63, 3.8) is 0 Å². The standard InChI is InChI=1S/C10H20S/c1-4-10(11-9(2)3)7-5-6-8-10/h9H,4-8H2,1-3H3. The highest BCUT2D eigenvalue weighted by molar-refractivity contribution is 8.01. The zero-order chi connectivity index (χ0) is 8.32. The molecular formula is C10H20S. The van der Waals surface area contributed by atoms with E-state index in [1.807, 2.05) is 0 Å². The maximum absolute atomic E-state index is 2.35. The Hall–Kier alpha value is 0.350. The van der Waals surface area contributed by atoms with Crippen LogP contribution in [0.2, 0.25) is 0 Å². The molecule has 0 bridgehead atoms. The first-order chi connectivity index (χ1) is 5.18. The molecule has 0 unspecified atom stereocenters. The van der Waals surface area contributed by atoms with Crippen LogP contribution >= 0.6 is 11.8 Å². The summed E-state index contributed by atoms with van der Waals surface area (Å²) in [7, 11) is 0. The zero-order valence-corrected chi connectivity index (χ0v) is 8.84. The third-order valence-corrected chi connectivity index (χ3v) is 4.31. The molecule has 0 aromatic carbocycles. The minimum absolute atomic E-state index is 0.675. The molecule has 0 heterocycles. The van der Waals surface area contributed by atoms with Crippen molar-refractivity contribution >= 4 is 11.8 Å². The van der Waals surface area contributed by atoms with Gasteiger partial charge in [0.25, 0.3) is 0 Å². The van der Waals surface area contributed by atoms with Gasteiger partial charge in [0, 0.05) is 4.75 Å². The van der Waals surface area contributed by atoms with E-state index in [0.717, 1.165) is 5.25 Å². The average Bonchev–Trinajstić information content (AvgIpc) is 2.36. The highest BCUT2D eigenvalue weighted by atomic mass is 32.2. The van der Waals surface area contributed by atoms with Gasteiger partial charge < -0.3 is 0 Å². The summed E-state index contributed by atoms with van der Waals surface area (Å²) < 4.78 is 0.675. The SMILES string of the molecule is CCC1(SC(C)C)CCCC1. The van der Waals surface area contributed by atoms with Crippen LogP contribution in [0.5, 0.6) is 0 Å². The van der Waals surface area contributed by atoms with Crippen molar-refractivity contribution in [2.45, 2.75) is 62.9 Å². The van der Waals surface area contributed by atoms with Gasteiger partial charge in [-0.25, -0.2) is 0 Å². The Morgan fingerprint density at radius 2 is 1.82 bits per heavy atom. The summed E-state index contributed by atoms with van der Waals surface area (Å²) in [6.07, 6.45) is 7.23. The summed E-state index contributed by atoms with van der Waals surface area (Å²) in [4.78, 5) is 0. The van der Waals surface area contributed by atoms with Gasteiger partial charge in [-0.15, -0.1) is 0 Å². The van der Waals surface area contributed by atoms with Gasteiger partial charge in [-0.3, -0.25) is 0 Å². The predicted octanol–water partition coefficient (Wildman–Crippen LogP) is 3.85. The van der Waals surface area contributed by atoms with E-state index in [4.69, 9.17) is 0 Å². The first-order valence-corrected chi connectivity index (χ1v) is 5.74. The van der Waals surface area contributed by atoms with E-state index >= 15 is 0 Å². The molecule has 0 N–H and O–H groups in total. The van der Waals surface area contributed by atoms with Crippen LogP contribution in [0.1, 0.15) is 52.9 Å². The molecule has 11 heavy (non-hydrogen) atoms. The molecule has 1 heteroatoms. The van der Waals surface area contributed by atoms with E-state index in [1.165, 1.54) is 32.1 Å². The second-order valence-electron chi connectivity index (χ2n) is 3.91. The topological polar surface area (TPSA) is 0 Å². The fourth-order valence-corrected chi connectivity index (χ4v) is 3.77. The van der Waals surface area contributed by atoms with Crippen LogP contribution in [0.3, 0.4) is 0 Å². The van der Waals surface area contributed by atoms with Crippen LogP contribution in [0.4, 0.5) is 0 Å². The molecule has 1 aliphatic rings. The minimum atomic E-state index is 0.675. The van der Waals surface area contributed by atoms with E-state index in [-0.39, 0.29) is 0 Å². The fraction of sp³-hybridized carbons (Fsp3) is 1.00. The normalized spacial score (nSPS) is 22.9. The monoisotopic (exact) mass is 172 g/mol. The summed E-state index contributed by atoms with van der Waals surface area (Å²) >= 11 is 2.21. The van der Waals surface area contributed by atoms with Crippen molar-refractivity contribution in [1.82, 2.24) is 0 Å². The lowest BCUT2D eigenvalue weighted by Crippen LogP contribution is -2.20. The third kappa shape index (κ3) is 2.40. The highest BCUT2D eigenvalue weighted by Crippen LogP contribution is 2.45. The van der Waals surface area contributed by atoms with Crippen LogP contribution in [-0.4, -0.2) is 10.00 Å². The van der Waals surface area contributed by atoms with E-state index in [0.29, 0.717) is 4.75 Å². The Labute approximate surface area is 75.1 Å². The Bertz CT molecular complexity index is 112. The quantitative estimate of drug-likeness (QED) is 0.623. The van der Waals surface area contributed by atoms with Crippen molar-refractivity contribution in [1.29, 1.82) is 0 Å². The smallest absolute Gasteiger partial charge is 0.0160 e. The van der Waals surface area contributed by atoms with Crippen LogP contribution < -0.4 is 0 Å². The molecule has 0 aliphatic heterocycles. The summed E-state index contributed by atoms with van der Waals surface area (Å²) in [6, 6.07) is 0. The Balaban J connectivity index is 2.45. The van der Waals surface area contributed by atoms with Gasteiger partial charge in [0.15, 0.2) is 0 Å². The number of thioether (sulfide) groups is 1. The maximum atomic E-state index is 2.35. The molecular weight excluding hydrogens is 152 g/mol. The molecule has 0 aromatic rings. The van der Waals surface area contributed by atoms with Crippen molar-refractivity contribution in [2.75, 3.05) is 0 Å². The highest BCUT2D eigenvalue weighted by Gasteiger charge is 2.32. The predicted molar refractivity (Wildman–Crippen MR) is 54.2 cm³/mol. The third-order valence-electron chi connectivity index (χ3n) is 2.64. The number of hydrogen-bond acceptors (Lipinski definition) is 1. The van der Waals surface area contributed by atoms with E-state index in [9.17, 15) is 0 Å². The maximum Gasteiger partial charge on any atom is 0.0160 e. The van der Waals surface area contributed by atoms with Crippen LogP contribution in [-0.2, 0) is 0 Å². The van der Waals surface area contributed by atoms with Gasteiger partial charge in [0.2, 0.25) is 0 Å². The second-order valence-corrected chi connectivity index (χ2v) is 5.95. The molecule has 1 fully saturated rings. The molecule has 0 saturated heterocycles. The van der Waals surface area contributed by atoms with Crippen molar-refractivity contribution in [2.24, 2.45) is 0 Å². The summed E-state index contributed by atoms with van der Waals surface area (Å²) in [5.74, 6) is 0. The van der Waals surface area contributed by atoms with Crippen molar-refractivity contribution in [3.8, 4) is 0 Å². The molecule has 1 rings (SSSR count). The van der Waals surface area contributed by atoms with Crippen LogP contribution in [0, 0.1) is 0 Å². The van der Waals surface area contributed by atoms with Crippen molar-refractivity contribution in [3.05, 3.63) is 0 Å². The molecule has 1 aliphatic carbocycles. The van der Waals surface area contributed by atoms with E-state index in [2.05, 4.69) is 32.5 Å². The molecule has 0 spiro atoms. The average molecular weight is 172 g/mol. The molecule has 0 amide bonds. The lowest BCUT2D eigenvalue weighted by Gasteiger charge is -2.28. The summed E-state index contributed by atoms with van der Waals surface area (Å²) in [5, 5.41) is 0.813. The largest absolute Gasteiger partial charge is 0.152 e. The number of hydrogen-bond donors (Lipinski definition) is 0. The van der Waals surface area contributed by atoms with Gasteiger partial charge in [-0.1, -0.05) is 33.6 Å². The van der Waals surface area contributed by atoms with E-state index < -0.39 is 0 Å². The Kier molecular flexibility index (Phi) is 3.29. The molecule has 0 atom stereocenters. The fourth-order valence-electron chi connectivity index (χ4n) is 2.07. The summed E-state index contributed by atoms with van der Waals surface area (Å²) in [5.41, 5.74) is 0. The first-order valence-electron chi connectivity index (χ1n) is 4.86. The van der Waals surface area contributed by atoms with Gasteiger partial charge in [0.1, 0.15) is 0 Å². The van der Waals surface area contributed by atoms with Crippen molar-refractivity contribution < 1.29 is 0 Å². The van der Waals surface area contributed by atoms with Gasteiger partial charge >= 0.3 is 0 Å². The molecule has 1 saturated carbocycles. The first kappa shape index (κ1) is 9.44. The lowest BCUT2D eigenvalue weighted by atomic mass is 10.0. The Morgan fingerprint density at radius 3 is 2.18 bits per heavy atom. The number of rotatable bonds is 3. The molecule has 0 aromatic heterocycles. The van der Waals surface area contributed by atoms with E-state index in [1.54, 1.807) is 0 Å². The van der Waals surface area contributed by atoms with Gasteiger partial charge in [0.05, 0.1) is 0 Å².